The Hall–Kier alpha value is -0.333. The van der Waals surface area contributed by atoms with Crippen molar-refractivity contribution in [2.45, 2.75) is 65.3 Å². The maximum atomic E-state index is 9.50. The molecule has 1 rings (SSSR count). The maximum Gasteiger partial charge on any atom is 0.185 e. The molecule has 0 bridgehead atoms. The van der Waals surface area contributed by atoms with Crippen molar-refractivity contribution < 1.29 is 4.43 Å². The SMILES string of the molecule is CC1CC(C)(C)CC(C#N)(O[Si](C)(C)C)C1. The molecule has 0 spiro atoms. The van der Waals surface area contributed by atoms with Gasteiger partial charge in [0.05, 0.1) is 6.07 Å². The van der Waals surface area contributed by atoms with E-state index in [4.69, 9.17) is 4.43 Å². The largest absolute Gasteiger partial charge is 0.400 e. The average Bonchev–Trinajstić information content (AvgIpc) is 1.96. The van der Waals surface area contributed by atoms with Gasteiger partial charge < -0.3 is 4.43 Å². The van der Waals surface area contributed by atoms with E-state index in [-0.39, 0.29) is 5.41 Å². The lowest BCUT2D eigenvalue weighted by atomic mass is 9.66. The Labute approximate surface area is 101 Å². The summed E-state index contributed by atoms with van der Waals surface area (Å²) in [5, 5.41) is 9.50. The molecular weight excluding hydrogens is 214 g/mol. The Morgan fingerprint density at radius 2 is 1.81 bits per heavy atom. The van der Waals surface area contributed by atoms with Crippen molar-refractivity contribution in [1.82, 2.24) is 0 Å². The van der Waals surface area contributed by atoms with Crippen LogP contribution in [0.5, 0.6) is 0 Å². The summed E-state index contributed by atoms with van der Waals surface area (Å²) in [7, 11) is -1.65. The highest BCUT2D eigenvalue weighted by molar-refractivity contribution is 6.69. The van der Waals surface area contributed by atoms with Gasteiger partial charge in [0.25, 0.3) is 0 Å². The molecule has 2 unspecified atom stereocenters. The number of nitrogens with zero attached hydrogens (tertiary/aromatic N) is 1. The summed E-state index contributed by atoms with van der Waals surface area (Å²) < 4.78 is 6.20. The van der Waals surface area contributed by atoms with Crippen LogP contribution >= 0.6 is 0 Å². The molecule has 0 heterocycles. The molecule has 0 saturated heterocycles. The number of hydrogen-bond donors (Lipinski definition) is 0. The Morgan fingerprint density at radius 3 is 2.19 bits per heavy atom. The molecule has 0 radical (unpaired) electrons. The molecular formula is C13H25NOSi. The Morgan fingerprint density at radius 1 is 1.25 bits per heavy atom. The molecule has 1 aliphatic carbocycles. The van der Waals surface area contributed by atoms with Crippen molar-refractivity contribution in [3.8, 4) is 6.07 Å². The molecule has 1 fully saturated rings. The zero-order chi connectivity index (χ0) is 12.6. The van der Waals surface area contributed by atoms with Crippen molar-refractivity contribution in [2.75, 3.05) is 0 Å². The lowest BCUT2D eigenvalue weighted by Crippen LogP contribution is -2.48. The van der Waals surface area contributed by atoms with E-state index in [1.165, 1.54) is 6.42 Å². The average molecular weight is 239 g/mol. The van der Waals surface area contributed by atoms with Gasteiger partial charge in [-0.25, -0.2) is 0 Å². The minimum Gasteiger partial charge on any atom is -0.400 e. The zero-order valence-electron chi connectivity index (χ0n) is 11.6. The molecule has 1 aliphatic rings. The van der Waals surface area contributed by atoms with E-state index >= 15 is 0 Å². The van der Waals surface area contributed by atoms with Gasteiger partial charge in [-0.1, -0.05) is 20.8 Å². The highest BCUT2D eigenvalue weighted by Crippen LogP contribution is 2.46. The second-order valence-corrected chi connectivity index (χ2v) is 11.6. The van der Waals surface area contributed by atoms with Gasteiger partial charge in [0.2, 0.25) is 0 Å². The van der Waals surface area contributed by atoms with E-state index in [1.807, 2.05) is 0 Å². The van der Waals surface area contributed by atoms with E-state index in [2.05, 4.69) is 46.5 Å². The van der Waals surface area contributed by atoms with Crippen LogP contribution in [0.25, 0.3) is 0 Å². The van der Waals surface area contributed by atoms with Crippen LogP contribution < -0.4 is 0 Å². The molecule has 0 aromatic heterocycles. The fourth-order valence-corrected chi connectivity index (χ4v) is 4.64. The summed E-state index contributed by atoms with van der Waals surface area (Å²) in [4.78, 5) is 0. The van der Waals surface area contributed by atoms with Crippen LogP contribution in [0, 0.1) is 22.7 Å². The quantitative estimate of drug-likeness (QED) is 0.684. The fraction of sp³-hybridized carbons (Fsp3) is 0.923. The van der Waals surface area contributed by atoms with Gasteiger partial charge in [-0.2, -0.15) is 5.26 Å². The van der Waals surface area contributed by atoms with E-state index in [0.29, 0.717) is 5.92 Å². The molecule has 92 valence electrons. The highest BCUT2D eigenvalue weighted by atomic mass is 28.4. The molecule has 0 aromatic carbocycles. The van der Waals surface area contributed by atoms with Crippen molar-refractivity contribution in [3.63, 3.8) is 0 Å². The lowest BCUT2D eigenvalue weighted by molar-refractivity contribution is -0.00122. The molecule has 0 aromatic rings. The monoisotopic (exact) mass is 239 g/mol. The van der Waals surface area contributed by atoms with Crippen molar-refractivity contribution in [1.29, 1.82) is 5.26 Å². The molecule has 2 nitrogen and oxygen atoms in total. The van der Waals surface area contributed by atoms with Crippen LogP contribution in [0.4, 0.5) is 0 Å². The molecule has 0 N–H and O–H groups in total. The number of rotatable bonds is 2. The summed E-state index contributed by atoms with van der Waals surface area (Å²) in [6.07, 6.45) is 2.98. The molecule has 0 aliphatic heterocycles. The topological polar surface area (TPSA) is 33.0 Å². The standard InChI is InChI=1S/C13H25NOSi/c1-11-7-12(2,3)9-13(8-11,10-14)15-16(4,5)6/h11H,7-9H2,1-6H3. The van der Waals surface area contributed by atoms with Gasteiger partial charge in [0.1, 0.15) is 5.60 Å². The minimum absolute atomic E-state index is 0.229. The fourth-order valence-electron chi connectivity index (χ4n) is 3.27. The van der Waals surface area contributed by atoms with Crippen LogP contribution in [0.15, 0.2) is 0 Å². The van der Waals surface area contributed by atoms with E-state index in [1.54, 1.807) is 0 Å². The van der Waals surface area contributed by atoms with Crippen molar-refractivity contribution in [3.05, 3.63) is 0 Å². The first-order valence-electron chi connectivity index (χ1n) is 6.19. The normalized spacial score (nSPS) is 34.4. The van der Waals surface area contributed by atoms with Gasteiger partial charge in [-0.15, -0.1) is 0 Å². The van der Waals surface area contributed by atoms with E-state index < -0.39 is 13.9 Å². The molecule has 16 heavy (non-hydrogen) atoms. The third-order valence-electron chi connectivity index (χ3n) is 3.05. The number of hydrogen-bond acceptors (Lipinski definition) is 2. The smallest absolute Gasteiger partial charge is 0.185 e. The first-order chi connectivity index (χ1) is 7.08. The summed E-state index contributed by atoms with van der Waals surface area (Å²) in [6, 6.07) is 2.47. The Balaban J connectivity index is 2.92. The first-order valence-corrected chi connectivity index (χ1v) is 9.60. The number of nitriles is 1. The second kappa shape index (κ2) is 4.16. The van der Waals surface area contributed by atoms with Crippen LogP contribution in [-0.4, -0.2) is 13.9 Å². The Bertz CT molecular complexity index is 296. The molecule has 0 amide bonds. The van der Waals surface area contributed by atoms with Gasteiger partial charge in [0.15, 0.2) is 8.32 Å². The summed E-state index contributed by atoms with van der Waals surface area (Å²) in [5.74, 6) is 0.583. The molecule has 2 atom stereocenters. The summed E-state index contributed by atoms with van der Waals surface area (Å²) >= 11 is 0. The Kier molecular flexibility index (Phi) is 3.57. The minimum atomic E-state index is -1.65. The lowest BCUT2D eigenvalue weighted by Gasteiger charge is -2.46. The second-order valence-electron chi connectivity index (χ2n) is 7.17. The zero-order valence-corrected chi connectivity index (χ0v) is 12.6. The van der Waals surface area contributed by atoms with E-state index in [9.17, 15) is 5.26 Å². The van der Waals surface area contributed by atoms with Gasteiger partial charge >= 0.3 is 0 Å². The van der Waals surface area contributed by atoms with Gasteiger partial charge in [0, 0.05) is 0 Å². The predicted molar refractivity (Wildman–Crippen MR) is 69.6 cm³/mol. The maximum absolute atomic E-state index is 9.50. The third kappa shape index (κ3) is 3.60. The molecule has 3 heteroatoms. The van der Waals surface area contributed by atoms with Crippen LogP contribution in [0.2, 0.25) is 19.6 Å². The van der Waals surface area contributed by atoms with Crippen molar-refractivity contribution in [2.24, 2.45) is 11.3 Å². The van der Waals surface area contributed by atoms with Crippen LogP contribution in [0.1, 0.15) is 40.0 Å². The predicted octanol–water partition coefficient (Wildman–Crippen LogP) is 3.95. The highest BCUT2D eigenvalue weighted by Gasteiger charge is 2.46. The third-order valence-corrected chi connectivity index (χ3v) is 4.05. The van der Waals surface area contributed by atoms with Crippen LogP contribution in [0.3, 0.4) is 0 Å². The van der Waals surface area contributed by atoms with Crippen molar-refractivity contribution >= 4 is 8.32 Å². The van der Waals surface area contributed by atoms with Gasteiger partial charge in [-0.05, 0) is 50.2 Å². The van der Waals surface area contributed by atoms with Gasteiger partial charge in [-0.3, -0.25) is 0 Å². The van der Waals surface area contributed by atoms with E-state index in [0.717, 1.165) is 12.8 Å². The summed E-state index contributed by atoms with van der Waals surface area (Å²) in [6.45, 7) is 13.2. The molecule has 1 saturated carbocycles. The first kappa shape index (κ1) is 13.7. The summed E-state index contributed by atoms with van der Waals surface area (Å²) in [5.41, 5.74) is -0.293. The van der Waals surface area contributed by atoms with Crippen LogP contribution in [-0.2, 0) is 4.43 Å².